The van der Waals surface area contributed by atoms with E-state index in [9.17, 15) is 8.42 Å². The van der Waals surface area contributed by atoms with Gasteiger partial charge in [-0.05, 0) is 60.4 Å². The molecule has 142 valence electrons. The fourth-order valence-electron chi connectivity index (χ4n) is 4.74. The highest BCUT2D eigenvalue weighted by atomic mass is 32.2. The summed E-state index contributed by atoms with van der Waals surface area (Å²) in [7, 11) is -3.40. The second-order valence-electron chi connectivity index (χ2n) is 7.70. The van der Waals surface area contributed by atoms with Crippen molar-refractivity contribution in [1.82, 2.24) is 4.31 Å². The Morgan fingerprint density at radius 3 is 2.74 bits per heavy atom. The molecule has 27 heavy (non-hydrogen) atoms. The molecule has 3 atom stereocenters. The van der Waals surface area contributed by atoms with Crippen LogP contribution in [0.15, 0.2) is 52.8 Å². The van der Waals surface area contributed by atoms with E-state index in [2.05, 4.69) is 35.0 Å². The van der Waals surface area contributed by atoms with Gasteiger partial charge >= 0.3 is 0 Å². The standard InChI is InChI=1S/C21H24N2O2S2/c24-27(25,23-11-2-1-3-12-23)15-9-10-19-18(14-15)16-6-4-7-17(16)21(22-19)20-8-5-13-26-20/h4-6,8-10,13-14,16-17,21-22H,1-3,7,11-12H2. The second kappa shape index (κ2) is 6.76. The lowest BCUT2D eigenvalue weighted by atomic mass is 9.79. The fourth-order valence-corrected chi connectivity index (χ4v) is 7.14. The maximum atomic E-state index is 13.1. The van der Waals surface area contributed by atoms with Gasteiger partial charge in [0.1, 0.15) is 0 Å². The van der Waals surface area contributed by atoms with E-state index in [-0.39, 0.29) is 5.92 Å². The zero-order valence-electron chi connectivity index (χ0n) is 15.2. The molecule has 1 N–H and O–H groups in total. The van der Waals surface area contributed by atoms with Crippen LogP contribution in [0.3, 0.4) is 0 Å². The molecule has 3 aliphatic rings. The zero-order chi connectivity index (χ0) is 18.4. The maximum Gasteiger partial charge on any atom is 0.243 e. The highest BCUT2D eigenvalue weighted by Crippen LogP contribution is 2.50. The first-order valence-corrected chi connectivity index (χ1v) is 12.1. The predicted octanol–water partition coefficient (Wildman–Crippen LogP) is 4.75. The first-order valence-electron chi connectivity index (χ1n) is 9.75. The van der Waals surface area contributed by atoms with E-state index in [1.54, 1.807) is 21.7 Å². The molecule has 1 aromatic carbocycles. The number of rotatable bonds is 3. The third kappa shape index (κ3) is 2.94. The lowest BCUT2D eigenvalue weighted by molar-refractivity contribution is 0.346. The molecule has 1 aromatic heterocycles. The second-order valence-corrected chi connectivity index (χ2v) is 10.6. The van der Waals surface area contributed by atoms with E-state index in [4.69, 9.17) is 0 Å². The Morgan fingerprint density at radius 1 is 1.11 bits per heavy atom. The molecule has 0 amide bonds. The number of nitrogens with zero attached hydrogens (tertiary/aromatic N) is 1. The molecule has 1 saturated heterocycles. The van der Waals surface area contributed by atoms with E-state index in [1.807, 2.05) is 12.1 Å². The Balaban J connectivity index is 1.52. The summed E-state index contributed by atoms with van der Waals surface area (Å²) >= 11 is 1.79. The van der Waals surface area contributed by atoms with Crippen molar-refractivity contribution in [2.75, 3.05) is 18.4 Å². The van der Waals surface area contributed by atoms with Crippen LogP contribution in [0.1, 0.15) is 48.1 Å². The van der Waals surface area contributed by atoms with Gasteiger partial charge in [0.15, 0.2) is 0 Å². The average Bonchev–Trinajstić information content (AvgIpc) is 3.40. The topological polar surface area (TPSA) is 49.4 Å². The van der Waals surface area contributed by atoms with Gasteiger partial charge in [0.2, 0.25) is 10.0 Å². The van der Waals surface area contributed by atoms with Gasteiger partial charge in [0, 0.05) is 29.6 Å². The maximum absolute atomic E-state index is 13.1. The molecule has 2 aliphatic heterocycles. The fraction of sp³-hybridized carbons (Fsp3) is 0.429. The number of fused-ring (bicyclic) bond motifs is 3. The van der Waals surface area contributed by atoms with Crippen molar-refractivity contribution in [2.24, 2.45) is 5.92 Å². The van der Waals surface area contributed by atoms with E-state index >= 15 is 0 Å². The first-order chi connectivity index (χ1) is 13.1. The minimum Gasteiger partial charge on any atom is -0.377 e. The predicted molar refractivity (Wildman–Crippen MR) is 110 cm³/mol. The van der Waals surface area contributed by atoms with Gasteiger partial charge < -0.3 is 5.32 Å². The summed E-state index contributed by atoms with van der Waals surface area (Å²) in [5, 5.41) is 5.81. The monoisotopic (exact) mass is 400 g/mol. The van der Waals surface area contributed by atoms with E-state index < -0.39 is 10.0 Å². The lowest BCUT2D eigenvalue weighted by Crippen LogP contribution is -2.36. The normalized spacial score (nSPS) is 27.8. The molecule has 6 heteroatoms. The number of piperidine rings is 1. The summed E-state index contributed by atoms with van der Waals surface area (Å²) < 4.78 is 27.9. The highest BCUT2D eigenvalue weighted by Gasteiger charge is 2.39. The molecule has 3 heterocycles. The smallest absolute Gasteiger partial charge is 0.243 e. The van der Waals surface area contributed by atoms with Gasteiger partial charge in [-0.15, -0.1) is 11.3 Å². The zero-order valence-corrected chi connectivity index (χ0v) is 16.8. The van der Waals surface area contributed by atoms with Crippen molar-refractivity contribution in [2.45, 2.75) is 42.5 Å². The number of hydrogen-bond acceptors (Lipinski definition) is 4. The van der Waals surface area contributed by atoms with Crippen LogP contribution < -0.4 is 5.32 Å². The summed E-state index contributed by atoms with van der Waals surface area (Å²) in [6.07, 6.45) is 8.59. The van der Waals surface area contributed by atoms with Gasteiger partial charge in [-0.3, -0.25) is 0 Å². The summed E-state index contributed by atoms with van der Waals surface area (Å²) in [5.74, 6) is 0.731. The van der Waals surface area contributed by atoms with Crippen molar-refractivity contribution < 1.29 is 8.42 Å². The van der Waals surface area contributed by atoms with Crippen molar-refractivity contribution >= 4 is 27.0 Å². The molecule has 0 saturated carbocycles. The van der Waals surface area contributed by atoms with Crippen molar-refractivity contribution in [3.05, 3.63) is 58.3 Å². The Bertz CT molecular complexity index is 960. The molecule has 5 rings (SSSR count). The summed E-state index contributed by atoms with van der Waals surface area (Å²) in [6, 6.07) is 10.3. The molecular weight excluding hydrogens is 376 g/mol. The molecule has 4 nitrogen and oxygen atoms in total. The molecule has 3 unspecified atom stereocenters. The van der Waals surface area contributed by atoms with Crippen LogP contribution in [0.25, 0.3) is 0 Å². The van der Waals surface area contributed by atoms with E-state index in [0.717, 1.165) is 36.9 Å². The van der Waals surface area contributed by atoms with Gasteiger partial charge in [-0.25, -0.2) is 8.42 Å². The molecule has 0 spiro atoms. The molecule has 1 fully saturated rings. The Kier molecular flexibility index (Phi) is 4.37. The average molecular weight is 401 g/mol. The molecule has 2 aromatic rings. The van der Waals surface area contributed by atoms with Crippen molar-refractivity contribution in [1.29, 1.82) is 0 Å². The number of sulfonamides is 1. The lowest BCUT2D eigenvalue weighted by Gasteiger charge is -2.37. The minimum absolute atomic E-state index is 0.282. The van der Waals surface area contributed by atoms with Crippen molar-refractivity contribution in [3.63, 3.8) is 0 Å². The first kappa shape index (κ1) is 17.5. The highest BCUT2D eigenvalue weighted by molar-refractivity contribution is 7.89. The molecule has 0 bridgehead atoms. The number of benzene rings is 1. The molecule has 0 radical (unpaired) electrons. The number of hydrogen-bond donors (Lipinski definition) is 1. The Labute approximate surface area is 165 Å². The van der Waals surface area contributed by atoms with Crippen LogP contribution in [0.4, 0.5) is 5.69 Å². The number of thiophene rings is 1. The molecular formula is C21H24N2O2S2. The summed E-state index contributed by atoms with van der Waals surface area (Å²) in [4.78, 5) is 1.79. The van der Waals surface area contributed by atoms with Gasteiger partial charge in [-0.2, -0.15) is 4.31 Å². The van der Waals surface area contributed by atoms with E-state index in [0.29, 0.717) is 29.9 Å². The van der Waals surface area contributed by atoms with Crippen molar-refractivity contribution in [3.8, 4) is 0 Å². The van der Waals surface area contributed by atoms with Crippen LogP contribution in [-0.2, 0) is 10.0 Å². The van der Waals surface area contributed by atoms with Gasteiger partial charge in [0.05, 0.1) is 10.9 Å². The van der Waals surface area contributed by atoms with E-state index in [1.165, 1.54) is 4.88 Å². The number of anilines is 1. The summed E-state index contributed by atoms with van der Waals surface area (Å²) in [5.41, 5.74) is 2.19. The number of nitrogens with one attached hydrogen (secondary N) is 1. The van der Waals surface area contributed by atoms with Gasteiger partial charge in [-0.1, -0.05) is 24.6 Å². The van der Waals surface area contributed by atoms with Crippen LogP contribution in [0.5, 0.6) is 0 Å². The largest absolute Gasteiger partial charge is 0.377 e. The third-order valence-electron chi connectivity index (χ3n) is 6.14. The van der Waals surface area contributed by atoms with Crippen LogP contribution in [0.2, 0.25) is 0 Å². The third-order valence-corrected chi connectivity index (χ3v) is 8.99. The molecule has 1 aliphatic carbocycles. The minimum atomic E-state index is -3.40. The SMILES string of the molecule is O=S(=O)(c1ccc2c(c1)C1C=CCC1C(c1cccs1)N2)N1CCCCC1. The number of allylic oxidation sites excluding steroid dienone is 2. The van der Waals surface area contributed by atoms with Crippen LogP contribution >= 0.6 is 11.3 Å². The quantitative estimate of drug-likeness (QED) is 0.757. The van der Waals surface area contributed by atoms with Crippen LogP contribution in [0, 0.1) is 5.92 Å². The summed E-state index contributed by atoms with van der Waals surface area (Å²) in [6.45, 7) is 1.29. The Hall–Kier alpha value is -1.63. The van der Waals surface area contributed by atoms with Gasteiger partial charge in [0.25, 0.3) is 0 Å². The Morgan fingerprint density at radius 2 is 1.96 bits per heavy atom. The van der Waals surface area contributed by atoms with Crippen LogP contribution in [-0.4, -0.2) is 25.8 Å².